The van der Waals surface area contributed by atoms with Gasteiger partial charge in [-0.1, -0.05) is 24.3 Å². The molecule has 3 nitrogen and oxygen atoms in total. The fraction of sp³-hybridized carbons (Fsp3) is 0.357. The first-order valence-electron chi connectivity index (χ1n) is 5.85. The summed E-state index contributed by atoms with van der Waals surface area (Å²) in [5, 5.41) is 10.1. The number of carbonyl (C=O) groups excluding carboxylic acids is 1. The Morgan fingerprint density at radius 3 is 2.76 bits per heavy atom. The number of amides is 1. The van der Waals surface area contributed by atoms with Crippen LogP contribution in [0.25, 0.3) is 0 Å². The number of hydrogen-bond donors (Lipinski definition) is 1. The zero-order valence-electron chi connectivity index (χ0n) is 9.80. The van der Waals surface area contributed by atoms with E-state index in [-0.39, 0.29) is 5.91 Å². The van der Waals surface area contributed by atoms with Crippen LogP contribution in [0.15, 0.2) is 43.0 Å². The summed E-state index contributed by atoms with van der Waals surface area (Å²) in [5.74, 6) is -0.0226. The smallest absolute Gasteiger partial charge is 0.253 e. The van der Waals surface area contributed by atoms with Gasteiger partial charge in [0.05, 0.1) is 6.54 Å². The topological polar surface area (TPSA) is 40.5 Å². The number of aliphatic hydroxyl groups is 1. The van der Waals surface area contributed by atoms with Crippen molar-refractivity contribution in [2.45, 2.75) is 18.4 Å². The maximum absolute atomic E-state index is 12.2. The molecule has 17 heavy (non-hydrogen) atoms. The number of β-amino-alcohol motifs (C(OH)–C–C–N with tert-alkyl or cyclic N) is 1. The lowest BCUT2D eigenvalue weighted by Crippen LogP contribution is -2.49. The highest BCUT2D eigenvalue weighted by Crippen LogP contribution is 2.23. The molecule has 0 aliphatic carbocycles. The van der Waals surface area contributed by atoms with Crippen LogP contribution >= 0.6 is 0 Å². The van der Waals surface area contributed by atoms with Gasteiger partial charge in [0.2, 0.25) is 0 Å². The first-order chi connectivity index (χ1) is 8.14. The van der Waals surface area contributed by atoms with Gasteiger partial charge in [-0.15, -0.1) is 6.58 Å². The lowest BCUT2D eigenvalue weighted by atomic mass is 9.92. The summed E-state index contributed by atoms with van der Waals surface area (Å²) in [4.78, 5) is 13.9. The van der Waals surface area contributed by atoms with Gasteiger partial charge in [0.1, 0.15) is 5.60 Å². The Hall–Kier alpha value is -1.61. The highest BCUT2D eigenvalue weighted by molar-refractivity contribution is 5.94. The van der Waals surface area contributed by atoms with Crippen LogP contribution in [0, 0.1) is 0 Å². The number of carbonyl (C=O) groups is 1. The van der Waals surface area contributed by atoms with Crippen LogP contribution in [0.3, 0.4) is 0 Å². The molecule has 1 fully saturated rings. The Morgan fingerprint density at radius 2 is 2.12 bits per heavy atom. The van der Waals surface area contributed by atoms with Crippen LogP contribution in [0.1, 0.15) is 23.2 Å². The van der Waals surface area contributed by atoms with E-state index in [1.54, 1.807) is 17.0 Å². The normalized spacial score (nSPS) is 24.4. The fourth-order valence-corrected chi connectivity index (χ4v) is 2.17. The van der Waals surface area contributed by atoms with Crippen molar-refractivity contribution in [3.05, 3.63) is 48.6 Å². The van der Waals surface area contributed by atoms with Gasteiger partial charge < -0.3 is 10.0 Å². The van der Waals surface area contributed by atoms with Gasteiger partial charge in [0.15, 0.2) is 0 Å². The highest BCUT2D eigenvalue weighted by atomic mass is 16.3. The predicted octanol–water partition coefficient (Wildman–Crippen LogP) is 1.84. The molecule has 1 aliphatic heterocycles. The van der Waals surface area contributed by atoms with Crippen molar-refractivity contribution in [3.8, 4) is 0 Å². The molecule has 1 N–H and O–H groups in total. The molecule has 0 spiro atoms. The van der Waals surface area contributed by atoms with E-state index in [0.717, 1.165) is 6.42 Å². The third kappa shape index (κ3) is 2.56. The van der Waals surface area contributed by atoms with Gasteiger partial charge >= 0.3 is 0 Å². The first-order valence-corrected chi connectivity index (χ1v) is 5.85. The SMILES string of the molecule is C=CC1(O)CCCN(C(=O)c2ccccc2)C1. The maximum Gasteiger partial charge on any atom is 0.253 e. The van der Waals surface area contributed by atoms with E-state index in [4.69, 9.17) is 0 Å². The van der Waals surface area contributed by atoms with Gasteiger partial charge in [-0.25, -0.2) is 0 Å². The largest absolute Gasteiger partial charge is 0.384 e. The van der Waals surface area contributed by atoms with E-state index in [2.05, 4.69) is 6.58 Å². The summed E-state index contributed by atoms with van der Waals surface area (Å²) in [6.45, 7) is 4.67. The monoisotopic (exact) mass is 231 g/mol. The Kier molecular flexibility index (Phi) is 3.29. The molecule has 90 valence electrons. The van der Waals surface area contributed by atoms with E-state index >= 15 is 0 Å². The minimum atomic E-state index is -0.928. The summed E-state index contributed by atoms with van der Waals surface area (Å²) >= 11 is 0. The predicted molar refractivity (Wildman–Crippen MR) is 66.7 cm³/mol. The van der Waals surface area contributed by atoms with Crippen molar-refractivity contribution in [1.29, 1.82) is 0 Å². The van der Waals surface area contributed by atoms with E-state index in [0.29, 0.717) is 25.1 Å². The second-order valence-electron chi connectivity index (χ2n) is 4.50. The molecule has 0 aromatic heterocycles. The molecule has 1 unspecified atom stereocenters. The fourth-order valence-electron chi connectivity index (χ4n) is 2.17. The maximum atomic E-state index is 12.2. The Morgan fingerprint density at radius 1 is 1.41 bits per heavy atom. The molecule has 1 aromatic carbocycles. The van der Waals surface area contributed by atoms with Crippen LogP contribution < -0.4 is 0 Å². The van der Waals surface area contributed by atoms with Crippen molar-refractivity contribution >= 4 is 5.91 Å². The van der Waals surface area contributed by atoms with Crippen molar-refractivity contribution < 1.29 is 9.90 Å². The third-order valence-corrected chi connectivity index (χ3v) is 3.19. The minimum Gasteiger partial charge on any atom is -0.384 e. The standard InChI is InChI=1S/C14H17NO2/c1-2-14(17)9-6-10-15(11-14)13(16)12-7-4-3-5-8-12/h2-5,7-8,17H,1,6,9-11H2. The van der Waals surface area contributed by atoms with Crippen molar-refractivity contribution in [1.82, 2.24) is 4.90 Å². The minimum absolute atomic E-state index is 0.0226. The molecule has 2 rings (SSSR count). The average Bonchev–Trinajstić information content (AvgIpc) is 2.39. The first kappa shape index (κ1) is 11.9. The van der Waals surface area contributed by atoms with Gasteiger partial charge in [-0.2, -0.15) is 0 Å². The molecule has 0 bridgehead atoms. The van der Waals surface area contributed by atoms with Crippen molar-refractivity contribution in [2.24, 2.45) is 0 Å². The molecule has 1 heterocycles. The molecule has 1 atom stereocenters. The lowest BCUT2D eigenvalue weighted by molar-refractivity contribution is 0.00947. The molecule has 0 radical (unpaired) electrons. The number of hydrogen-bond acceptors (Lipinski definition) is 2. The van der Waals surface area contributed by atoms with E-state index in [9.17, 15) is 9.90 Å². The van der Waals surface area contributed by atoms with Gasteiger partial charge in [-0.3, -0.25) is 4.79 Å². The molecule has 1 saturated heterocycles. The van der Waals surface area contributed by atoms with Gasteiger partial charge in [0, 0.05) is 12.1 Å². The Balaban J connectivity index is 2.13. The van der Waals surface area contributed by atoms with Crippen LogP contribution in [0.5, 0.6) is 0 Å². The van der Waals surface area contributed by atoms with Gasteiger partial charge in [-0.05, 0) is 25.0 Å². The number of likely N-dealkylation sites (tertiary alicyclic amines) is 1. The summed E-state index contributed by atoms with van der Waals surface area (Å²) in [7, 11) is 0. The molecular formula is C14H17NO2. The lowest BCUT2D eigenvalue weighted by Gasteiger charge is -2.37. The average molecular weight is 231 g/mol. The van der Waals surface area contributed by atoms with E-state index in [1.807, 2.05) is 18.2 Å². The molecule has 1 aromatic rings. The zero-order valence-corrected chi connectivity index (χ0v) is 9.80. The molecule has 3 heteroatoms. The van der Waals surface area contributed by atoms with Crippen LogP contribution in [0.4, 0.5) is 0 Å². The van der Waals surface area contributed by atoms with Crippen LogP contribution in [-0.4, -0.2) is 34.6 Å². The summed E-state index contributed by atoms with van der Waals surface area (Å²) < 4.78 is 0. The van der Waals surface area contributed by atoms with Crippen molar-refractivity contribution in [3.63, 3.8) is 0 Å². The molecule has 1 amide bonds. The molecular weight excluding hydrogens is 214 g/mol. The third-order valence-electron chi connectivity index (χ3n) is 3.19. The second kappa shape index (κ2) is 4.72. The van der Waals surface area contributed by atoms with Crippen LogP contribution in [-0.2, 0) is 0 Å². The highest BCUT2D eigenvalue weighted by Gasteiger charge is 2.32. The number of nitrogens with zero attached hydrogens (tertiary/aromatic N) is 1. The van der Waals surface area contributed by atoms with E-state index < -0.39 is 5.60 Å². The molecule has 0 saturated carbocycles. The number of rotatable bonds is 2. The number of benzene rings is 1. The van der Waals surface area contributed by atoms with Crippen molar-refractivity contribution in [2.75, 3.05) is 13.1 Å². The van der Waals surface area contributed by atoms with Crippen LogP contribution in [0.2, 0.25) is 0 Å². The quantitative estimate of drug-likeness (QED) is 0.789. The second-order valence-corrected chi connectivity index (χ2v) is 4.50. The Labute approximate surface area is 101 Å². The van der Waals surface area contributed by atoms with Gasteiger partial charge in [0.25, 0.3) is 5.91 Å². The number of piperidine rings is 1. The van der Waals surface area contributed by atoms with E-state index in [1.165, 1.54) is 6.08 Å². The zero-order chi connectivity index (χ0) is 12.3. The molecule has 1 aliphatic rings. The Bertz CT molecular complexity index is 415. The summed E-state index contributed by atoms with van der Waals surface area (Å²) in [5.41, 5.74) is -0.260. The summed E-state index contributed by atoms with van der Waals surface area (Å²) in [6, 6.07) is 9.16. The summed E-state index contributed by atoms with van der Waals surface area (Å²) in [6.07, 6.45) is 3.02.